The molecule has 2 aromatic carbocycles. The van der Waals surface area contributed by atoms with E-state index in [-0.39, 0.29) is 11.8 Å². The first-order chi connectivity index (χ1) is 15.3. The number of amides is 2. The number of ether oxygens (including phenoxy) is 3. The van der Waals surface area contributed by atoms with Crippen LogP contribution in [0.15, 0.2) is 46.0 Å². The summed E-state index contributed by atoms with van der Waals surface area (Å²) in [6.45, 7) is 6.04. The third-order valence-electron chi connectivity index (χ3n) is 4.51. The van der Waals surface area contributed by atoms with Crippen LogP contribution in [0.5, 0.6) is 17.2 Å². The van der Waals surface area contributed by atoms with Crippen LogP contribution in [0.3, 0.4) is 0 Å². The molecule has 0 aliphatic carbocycles. The molecule has 32 heavy (non-hydrogen) atoms. The van der Waals surface area contributed by atoms with Crippen molar-refractivity contribution in [2.24, 2.45) is 11.0 Å². The fourth-order valence-electron chi connectivity index (χ4n) is 2.87. The van der Waals surface area contributed by atoms with Crippen molar-refractivity contribution >= 4 is 34.0 Å². The molecule has 172 valence electrons. The summed E-state index contributed by atoms with van der Waals surface area (Å²) in [7, 11) is 3.11. The van der Waals surface area contributed by atoms with Crippen molar-refractivity contribution in [2.75, 3.05) is 20.8 Å². The van der Waals surface area contributed by atoms with Gasteiger partial charge in [-0.2, -0.15) is 5.10 Å². The van der Waals surface area contributed by atoms with Crippen molar-refractivity contribution in [3.8, 4) is 17.2 Å². The molecule has 8 nitrogen and oxygen atoms in total. The Bertz CT molecular complexity index is 961. The van der Waals surface area contributed by atoms with E-state index in [2.05, 4.69) is 31.8 Å². The normalized spacial score (nSPS) is 11.8. The minimum Gasteiger partial charge on any atom is -0.497 e. The molecular formula is C23H28BrN3O5. The van der Waals surface area contributed by atoms with Crippen molar-refractivity contribution < 1.29 is 23.8 Å². The lowest BCUT2D eigenvalue weighted by atomic mass is 10.0. The van der Waals surface area contributed by atoms with Gasteiger partial charge in [0.2, 0.25) is 0 Å². The van der Waals surface area contributed by atoms with Gasteiger partial charge >= 0.3 is 0 Å². The zero-order valence-electron chi connectivity index (χ0n) is 18.8. The van der Waals surface area contributed by atoms with Crippen LogP contribution in [-0.2, 0) is 4.79 Å². The van der Waals surface area contributed by atoms with Gasteiger partial charge in [-0.3, -0.25) is 9.59 Å². The Labute approximate surface area is 196 Å². The molecule has 0 aliphatic heterocycles. The van der Waals surface area contributed by atoms with E-state index >= 15 is 0 Å². The maximum Gasteiger partial charge on any atom is 0.262 e. The lowest BCUT2D eigenvalue weighted by Crippen LogP contribution is -2.48. The molecule has 0 fully saturated rings. The van der Waals surface area contributed by atoms with Crippen molar-refractivity contribution in [2.45, 2.75) is 26.8 Å². The SMILES string of the molecule is CCOc1cc(C=NNC(=O)C(NC(=O)c2ccc(OC)cc2)C(C)C)cc(Br)c1OC. The molecule has 2 aromatic rings. The molecule has 2 N–H and O–H groups in total. The fourth-order valence-corrected chi connectivity index (χ4v) is 3.49. The number of hydrazone groups is 1. The zero-order valence-corrected chi connectivity index (χ0v) is 20.4. The second-order valence-electron chi connectivity index (χ2n) is 7.13. The third kappa shape index (κ3) is 6.71. The van der Waals surface area contributed by atoms with Crippen LogP contribution >= 0.6 is 15.9 Å². The van der Waals surface area contributed by atoms with Crippen LogP contribution in [0.1, 0.15) is 36.7 Å². The van der Waals surface area contributed by atoms with Crippen LogP contribution in [0, 0.1) is 5.92 Å². The standard InChI is InChI=1S/C23H28BrN3O5/c1-6-32-19-12-15(11-18(24)21(19)31-5)13-25-27-23(29)20(14(2)3)26-22(28)16-7-9-17(30-4)10-8-16/h7-14,20H,6H2,1-5H3,(H,26,28)(H,27,29). The van der Waals surface area contributed by atoms with Crippen molar-refractivity contribution in [3.05, 3.63) is 52.0 Å². The maximum atomic E-state index is 12.7. The highest BCUT2D eigenvalue weighted by atomic mass is 79.9. The number of carbonyl (C=O) groups excluding carboxylic acids is 2. The Hall–Kier alpha value is -3.07. The lowest BCUT2D eigenvalue weighted by molar-refractivity contribution is -0.123. The monoisotopic (exact) mass is 505 g/mol. The Balaban J connectivity index is 2.08. The Morgan fingerprint density at radius 1 is 1.12 bits per heavy atom. The van der Waals surface area contributed by atoms with Gasteiger partial charge in [-0.05, 0) is 70.7 Å². The van der Waals surface area contributed by atoms with Crippen molar-refractivity contribution in [1.29, 1.82) is 0 Å². The highest BCUT2D eigenvalue weighted by Gasteiger charge is 2.24. The van der Waals surface area contributed by atoms with Gasteiger partial charge in [0.1, 0.15) is 11.8 Å². The van der Waals surface area contributed by atoms with Gasteiger partial charge in [-0.25, -0.2) is 5.43 Å². The first kappa shape index (κ1) is 25.2. The smallest absolute Gasteiger partial charge is 0.262 e. The third-order valence-corrected chi connectivity index (χ3v) is 5.10. The van der Waals surface area contributed by atoms with Crippen LogP contribution in [0.4, 0.5) is 0 Å². The second-order valence-corrected chi connectivity index (χ2v) is 7.98. The molecule has 0 aliphatic rings. The summed E-state index contributed by atoms with van der Waals surface area (Å²) in [6.07, 6.45) is 1.49. The molecular weight excluding hydrogens is 478 g/mol. The van der Waals surface area contributed by atoms with Crippen LogP contribution in [0.2, 0.25) is 0 Å². The number of hydrogen-bond acceptors (Lipinski definition) is 6. The summed E-state index contributed by atoms with van der Waals surface area (Å²) in [6, 6.07) is 9.44. The second kappa shape index (κ2) is 12.1. The van der Waals surface area contributed by atoms with E-state index in [1.165, 1.54) is 6.21 Å². The molecule has 0 saturated heterocycles. The highest BCUT2D eigenvalue weighted by molar-refractivity contribution is 9.10. The number of carbonyl (C=O) groups is 2. The number of nitrogens with zero attached hydrogens (tertiary/aromatic N) is 1. The Kier molecular flexibility index (Phi) is 9.52. The van der Waals surface area contributed by atoms with E-state index < -0.39 is 11.9 Å². The predicted molar refractivity (Wildman–Crippen MR) is 127 cm³/mol. The number of hydrogen-bond donors (Lipinski definition) is 2. The van der Waals surface area contributed by atoms with E-state index in [4.69, 9.17) is 14.2 Å². The van der Waals surface area contributed by atoms with E-state index in [9.17, 15) is 9.59 Å². The average Bonchev–Trinajstić information content (AvgIpc) is 2.77. The van der Waals surface area contributed by atoms with Crippen LogP contribution < -0.4 is 25.0 Å². The summed E-state index contributed by atoms with van der Waals surface area (Å²) in [4.78, 5) is 25.2. The number of halogens is 1. The highest BCUT2D eigenvalue weighted by Crippen LogP contribution is 2.36. The maximum absolute atomic E-state index is 12.7. The quantitative estimate of drug-likeness (QED) is 0.378. The zero-order chi connectivity index (χ0) is 23.7. The summed E-state index contributed by atoms with van der Waals surface area (Å²) < 4.78 is 16.7. The van der Waals surface area contributed by atoms with Gasteiger partial charge < -0.3 is 19.5 Å². The number of nitrogens with one attached hydrogen (secondary N) is 2. The minimum atomic E-state index is -0.761. The Morgan fingerprint density at radius 3 is 2.38 bits per heavy atom. The molecule has 0 heterocycles. The molecule has 0 radical (unpaired) electrons. The van der Waals surface area contributed by atoms with Gasteiger partial charge in [-0.15, -0.1) is 0 Å². The Morgan fingerprint density at radius 2 is 1.81 bits per heavy atom. The van der Waals surface area contributed by atoms with E-state index in [1.54, 1.807) is 50.6 Å². The van der Waals surface area contributed by atoms with Gasteiger partial charge in [0.25, 0.3) is 11.8 Å². The average molecular weight is 506 g/mol. The van der Waals surface area contributed by atoms with E-state index in [0.29, 0.717) is 39.5 Å². The molecule has 2 rings (SSSR count). The van der Waals surface area contributed by atoms with Crippen LogP contribution in [-0.4, -0.2) is 44.9 Å². The summed E-state index contributed by atoms with van der Waals surface area (Å²) in [5.74, 6) is 0.860. The number of rotatable bonds is 10. The topological polar surface area (TPSA) is 98.2 Å². The summed E-state index contributed by atoms with van der Waals surface area (Å²) in [5, 5.41) is 6.79. The van der Waals surface area contributed by atoms with E-state index in [1.807, 2.05) is 20.8 Å². The molecule has 1 atom stereocenters. The molecule has 0 spiro atoms. The molecule has 1 unspecified atom stereocenters. The predicted octanol–water partition coefficient (Wildman–Crippen LogP) is 3.77. The first-order valence-electron chi connectivity index (χ1n) is 10.1. The molecule has 9 heteroatoms. The lowest BCUT2D eigenvalue weighted by Gasteiger charge is -2.20. The molecule has 0 bridgehead atoms. The van der Waals surface area contributed by atoms with Crippen molar-refractivity contribution in [3.63, 3.8) is 0 Å². The molecule has 2 amide bonds. The van der Waals surface area contributed by atoms with Gasteiger partial charge in [0, 0.05) is 5.56 Å². The van der Waals surface area contributed by atoms with Crippen molar-refractivity contribution in [1.82, 2.24) is 10.7 Å². The number of benzene rings is 2. The molecule has 0 saturated carbocycles. The van der Waals surface area contributed by atoms with E-state index in [0.717, 1.165) is 0 Å². The minimum absolute atomic E-state index is 0.146. The van der Waals surface area contributed by atoms with Gasteiger partial charge in [0.15, 0.2) is 11.5 Å². The van der Waals surface area contributed by atoms with Gasteiger partial charge in [0.05, 0.1) is 31.5 Å². The number of methoxy groups -OCH3 is 2. The molecule has 0 aromatic heterocycles. The summed E-state index contributed by atoms with van der Waals surface area (Å²) >= 11 is 3.44. The fraction of sp³-hybridized carbons (Fsp3) is 0.348. The first-order valence-corrected chi connectivity index (χ1v) is 10.9. The summed E-state index contributed by atoms with van der Waals surface area (Å²) in [5.41, 5.74) is 3.62. The largest absolute Gasteiger partial charge is 0.497 e. The van der Waals surface area contributed by atoms with Crippen LogP contribution in [0.25, 0.3) is 0 Å². The van der Waals surface area contributed by atoms with Gasteiger partial charge in [-0.1, -0.05) is 13.8 Å².